The number of nitrogens with zero attached hydrogens (tertiary/aromatic N) is 4. The third-order valence-corrected chi connectivity index (χ3v) is 2.12. The maximum Gasteiger partial charge on any atom is 0.243 e. The Morgan fingerprint density at radius 2 is 2.31 bits per heavy atom. The topological polar surface area (TPSA) is 63.1 Å². The zero-order valence-electron chi connectivity index (χ0n) is 10.1. The second-order valence-electron chi connectivity index (χ2n) is 3.87. The summed E-state index contributed by atoms with van der Waals surface area (Å²) < 4.78 is 1.56. The van der Waals surface area contributed by atoms with Gasteiger partial charge in [0.25, 0.3) is 0 Å². The van der Waals surface area contributed by atoms with Gasteiger partial charge in [0.15, 0.2) is 0 Å². The van der Waals surface area contributed by atoms with Gasteiger partial charge in [0, 0.05) is 20.6 Å². The minimum atomic E-state index is 0.0120. The van der Waals surface area contributed by atoms with E-state index in [1.807, 2.05) is 0 Å². The highest BCUT2D eigenvalue weighted by Gasteiger charge is 2.07. The van der Waals surface area contributed by atoms with E-state index >= 15 is 0 Å². The maximum absolute atomic E-state index is 11.4. The molecule has 0 spiro atoms. The van der Waals surface area contributed by atoms with Gasteiger partial charge in [-0.15, -0.1) is 5.10 Å². The van der Waals surface area contributed by atoms with E-state index in [2.05, 4.69) is 22.6 Å². The van der Waals surface area contributed by atoms with Crippen molar-refractivity contribution in [2.24, 2.45) is 0 Å². The number of likely N-dealkylation sites (N-methyl/N-ethyl adjacent to an activating group) is 1. The van der Waals surface area contributed by atoms with E-state index in [9.17, 15) is 4.79 Å². The summed E-state index contributed by atoms with van der Waals surface area (Å²) in [5.74, 6) is 0.0120. The van der Waals surface area contributed by atoms with E-state index in [0.29, 0.717) is 6.54 Å². The van der Waals surface area contributed by atoms with Crippen LogP contribution in [0.4, 0.5) is 0 Å². The van der Waals surface area contributed by atoms with Gasteiger partial charge < -0.3 is 10.2 Å². The van der Waals surface area contributed by atoms with Crippen LogP contribution in [0.2, 0.25) is 0 Å². The Balaban J connectivity index is 2.42. The molecule has 1 rings (SSSR count). The summed E-state index contributed by atoms with van der Waals surface area (Å²) in [5.41, 5.74) is 0.861. The highest BCUT2D eigenvalue weighted by atomic mass is 16.2. The van der Waals surface area contributed by atoms with Gasteiger partial charge in [-0.2, -0.15) is 0 Å². The number of amides is 1. The van der Waals surface area contributed by atoms with Crippen molar-refractivity contribution in [2.45, 2.75) is 26.4 Å². The summed E-state index contributed by atoms with van der Waals surface area (Å²) in [4.78, 5) is 12.9. The smallest absolute Gasteiger partial charge is 0.243 e. The third kappa shape index (κ3) is 3.98. The van der Waals surface area contributed by atoms with Crippen LogP contribution in [0.15, 0.2) is 6.20 Å². The fourth-order valence-electron chi connectivity index (χ4n) is 1.17. The van der Waals surface area contributed by atoms with Crippen LogP contribution in [0.1, 0.15) is 19.0 Å². The molecule has 0 aliphatic carbocycles. The molecule has 1 aromatic heterocycles. The number of carbonyl (C=O) groups excluding carboxylic acids is 1. The van der Waals surface area contributed by atoms with Crippen LogP contribution >= 0.6 is 0 Å². The van der Waals surface area contributed by atoms with Crippen molar-refractivity contribution in [2.75, 3.05) is 20.6 Å². The van der Waals surface area contributed by atoms with Gasteiger partial charge in [0.2, 0.25) is 5.91 Å². The van der Waals surface area contributed by atoms with Crippen LogP contribution in [-0.2, 0) is 17.9 Å². The van der Waals surface area contributed by atoms with Crippen molar-refractivity contribution < 1.29 is 4.79 Å². The molecular formula is C10H19N5O. The number of rotatable bonds is 6. The van der Waals surface area contributed by atoms with Crippen LogP contribution in [0.25, 0.3) is 0 Å². The molecule has 1 heterocycles. The largest absolute Gasteiger partial charge is 0.347 e. The lowest BCUT2D eigenvalue weighted by atomic mass is 10.4. The molecular weight excluding hydrogens is 206 g/mol. The van der Waals surface area contributed by atoms with Crippen molar-refractivity contribution in [3.8, 4) is 0 Å². The van der Waals surface area contributed by atoms with Crippen LogP contribution in [0.3, 0.4) is 0 Å². The summed E-state index contributed by atoms with van der Waals surface area (Å²) in [5, 5.41) is 11.1. The summed E-state index contributed by atoms with van der Waals surface area (Å²) in [6.07, 6.45) is 2.89. The van der Waals surface area contributed by atoms with Gasteiger partial charge in [-0.3, -0.25) is 4.79 Å². The molecule has 1 aromatic rings. The first-order valence-corrected chi connectivity index (χ1v) is 5.43. The van der Waals surface area contributed by atoms with Crippen molar-refractivity contribution in [1.29, 1.82) is 0 Å². The van der Waals surface area contributed by atoms with E-state index in [4.69, 9.17) is 0 Å². The Morgan fingerprint density at radius 3 is 2.94 bits per heavy atom. The lowest BCUT2D eigenvalue weighted by Crippen LogP contribution is -2.26. The van der Waals surface area contributed by atoms with E-state index in [1.54, 1.807) is 25.0 Å². The molecule has 0 aliphatic rings. The predicted octanol–water partition coefficient (Wildman–Crippen LogP) is -0.134. The first-order chi connectivity index (χ1) is 7.63. The lowest BCUT2D eigenvalue weighted by molar-refractivity contribution is -0.129. The van der Waals surface area contributed by atoms with Gasteiger partial charge >= 0.3 is 0 Å². The lowest BCUT2D eigenvalue weighted by Gasteiger charge is -2.08. The van der Waals surface area contributed by atoms with Crippen LogP contribution < -0.4 is 5.32 Å². The highest BCUT2D eigenvalue weighted by Crippen LogP contribution is 1.94. The summed E-state index contributed by atoms with van der Waals surface area (Å²) in [6.45, 7) is 4.01. The van der Waals surface area contributed by atoms with E-state index < -0.39 is 0 Å². The molecule has 0 fully saturated rings. The fourth-order valence-corrected chi connectivity index (χ4v) is 1.17. The van der Waals surface area contributed by atoms with Crippen molar-refractivity contribution in [3.63, 3.8) is 0 Å². The predicted molar refractivity (Wildman–Crippen MR) is 60.7 cm³/mol. The zero-order chi connectivity index (χ0) is 12.0. The van der Waals surface area contributed by atoms with Crippen LogP contribution in [-0.4, -0.2) is 46.4 Å². The molecule has 1 amide bonds. The first kappa shape index (κ1) is 12.6. The van der Waals surface area contributed by atoms with Gasteiger partial charge in [0.1, 0.15) is 6.54 Å². The van der Waals surface area contributed by atoms with Crippen molar-refractivity contribution in [3.05, 3.63) is 11.9 Å². The highest BCUT2D eigenvalue weighted by molar-refractivity contribution is 5.75. The summed E-state index contributed by atoms with van der Waals surface area (Å²) in [7, 11) is 3.45. The minimum Gasteiger partial charge on any atom is -0.347 e. The van der Waals surface area contributed by atoms with Crippen LogP contribution in [0.5, 0.6) is 0 Å². The van der Waals surface area contributed by atoms with Gasteiger partial charge in [0.05, 0.1) is 11.9 Å². The van der Waals surface area contributed by atoms with Gasteiger partial charge in [-0.1, -0.05) is 12.1 Å². The molecule has 0 bridgehead atoms. The standard InChI is InChI=1S/C10H19N5O/c1-4-5-11-6-9-7-15(13-12-9)8-10(16)14(2)3/h7,11H,4-6,8H2,1-3H3. The molecule has 6 heteroatoms. The number of carbonyl (C=O) groups is 1. The monoisotopic (exact) mass is 225 g/mol. The number of hydrogen-bond donors (Lipinski definition) is 1. The summed E-state index contributed by atoms with van der Waals surface area (Å²) in [6, 6.07) is 0. The molecule has 0 aromatic carbocycles. The Morgan fingerprint density at radius 1 is 1.56 bits per heavy atom. The molecule has 0 radical (unpaired) electrons. The second-order valence-corrected chi connectivity index (χ2v) is 3.87. The second kappa shape index (κ2) is 6.22. The molecule has 0 aliphatic heterocycles. The number of nitrogens with one attached hydrogen (secondary N) is 1. The molecule has 0 unspecified atom stereocenters. The minimum absolute atomic E-state index is 0.0120. The maximum atomic E-state index is 11.4. The molecule has 0 saturated carbocycles. The molecule has 1 N–H and O–H groups in total. The first-order valence-electron chi connectivity index (χ1n) is 5.43. The normalized spacial score (nSPS) is 10.4. The third-order valence-electron chi connectivity index (χ3n) is 2.12. The number of hydrogen-bond acceptors (Lipinski definition) is 4. The Hall–Kier alpha value is -1.43. The Kier molecular flexibility index (Phi) is 4.91. The fraction of sp³-hybridized carbons (Fsp3) is 0.700. The summed E-state index contributed by atoms with van der Waals surface area (Å²) >= 11 is 0. The molecule has 0 saturated heterocycles. The van der Waals surface area contributed by atoms with Crippen LogP contribution in [0, 0.1) is 0 Å². The number of aromatic nitrogens is 3. The van der Waals surface area contributed by atoms with Gasteiger partial charge in [-0.25, -0.2) is 4.68 Å². The molecule has 16 heavy (non-hydrogen) atoms. The Bertz CT molecular complexity index is 334. The molecule has 0 atom stereocenters. The van der Waals surface area contributed by atoms with Crippen molar-refractivity contribution >= 4 is 5.91 Å². The van der Waals surface area contributed by atoms with Gasteiger partial charge in [-0.05, 0) is 13.0 Å². The van der Waals surface area contributed by atoms with E-state index in [-0.39, 0.29) is 12.5 Å². The van der Waals surface area contributed by atoms with E-state index in [0.717, 1.165) is 18.7 Å². The SMILES string of the molecule is CCCNCc1cn(CC(=O)N(C)C)nn1. The Labute approximate surface area is 95.6 Å². The average Bonchev–Trinajstić information content (AvgIpc) is 2.66. The molecule has 90 valence electrons. The quantitative estimate of drug-likeness (QED) is 0.685. The molecule has 6 nitrogen and oxygen atoms in total. The average molecular weight is 225 g/mol. The van der Waals surface area contributed by atoms with Crippen molar-refractivity contribution in [1.82, 2.24) is 25.2 Å². The van der Waals surface area contributed by atoms with E-state index in [1.165, 1.54) is 4.90 Å². The zero-order valence-corrected chi connectivity index (χ0v) is 10.1.